The molecule has 0 saturated carbocycles. The van der Waals surface area contributed by atoms with Crippen molar-refractivity contribution < 1.29 is 8.95 Å². The number of morpholine rings is 1. The Kier molecular flexibility index (Phi) is 5.75. The summed E-state index contributed by atoms with van der Waals surface area (Å²) in [5.74, 6) is 1.82. The Bertz CT molecular complexity index is 1160. The predicted octanol–water partition coefficient (Wildman–Crippen LogP) is 3.69. The molecule has 1 saturated heterocycles. The Morgan fingerprint density at radius 2 is 2.17 bits per heavy atom. The van der Waals surface area contributed by atoms with Crippen LogP contribution in [-0.2, 0) is 14.5 Å². The molecule has 1 aliphatic rings. The van der Waals surface area contributed by atoms with Crippen molar-refractivity contribution in [1.82, 2.24) is 20.2 Å². The number of fused-ring (bicyclic) bond motifs is 1. The molecule has 1 fully saturated rings. The molecule has 0 aliphatic carbocycles. The van der Waals surface area contributed by atoms with Crippen LogP contribution in [0.15, 0.2) is 28.9 Å². The number of nitrogens with one attached hydrogen (secondary N) is 1. The molecule has 3 aromatic rings. The van der Waals surface area contributed by atoms with E-state index in [9.17, 15) is 4.21 Å². The molecular weight excluding hydrogens is 400 g/mol. The van der Waals surface area contributed by atoms with Crippen LogP contribution in [0.25, 0.3) is 22.3 Å². The van der Waals surface area contributed by atoms with Crippen LogP contribution in [0.2, 0.25) is 0 Å². The van der Waals surface area contributed by atoms with Crippen molar-refractivity contribution in [3.8, 4) is 11.4 Å². The molecule has 1 aliphatic heterocycles. The molecule has 0 amide bonds. The fraction of sp³-hybridized carbons (Fsp3) is 0.476. The van der Waals surface area contributed by atoms with Crippen molar-refractivity contribution in [1.29, 1.82) is 0 Å². The smallest absolute Gasteiger partial charge is 0.131 e. The van der Waals surface area contributed by atoms with Crippen LogP contribution in [0.5, 0.6) is 0 Å². The highest BCUT2D eigenvalue weighted by atomic mass is 32.2. The standard InChI is InChI=1S/C21H28N6O2S/c1-5-30(28,6-2)26-17-11-18(27-9-10-29-13-15(27)4)24-21-19(17)14(3)12-22-20(21)16-7-8-23-25-16/h7-8,11-12,15H,5-6,9-10,13H2,1-4H3,(H,23,25)/t15-/m1/s1. The highest BCUT2D eigenvalue weighted by Gasteiger charge is 2.24. The first-order valence-corrected chi connectivity index (χ1v) is 12.2. The minimum Gasteiger partial charge on any atom is -0.377 e. The van der Waals surface area contributed by atoms with Crippen molar-refractivity contribution in [3.05, 3.63) is 30.1 Å². The lowest BCUT2D eigenvalue weighted by atomic mass is 10.1. The van der Waals surface area contributed by atoms with E-state index >= 15 is 0 Å². The molecule has 0 unspecified atom stereocenters. The molecular formula is C21H28N6O2S. The van der Waals surface area contributed by atoms with Gasteiger partial charge in [0.05, 0.1) is 40.4 Å². The second-order valence-electron chi connectivity index (χ2n) is 7.54. The molecule has 1 N–H and O–H groups in total. The Hall–Kier alpha value is -2.52. The topological polar surface area (TPSA) is 96.4 Å². The summed E-state index contributed by atoms with van der Waals surface area (Å²) >= 11 is 0. The van der Waals surface area contributed by atoms with Gasteiger partial charge in [0.1, 0.15) is 17.0 Å². The molecule has 0 radical (unpaired) electrons. The summed E-state index contributed by atoms with van der Waals surface area (Å²) in [6.45, 7) is 10.00. The van der Waals surface area contributed by atoms with E-state index in [0.717, 1.165) is 34.5 Å². The maximum Gasteiger partial charge on any atom is 0.131 e. The average molecular weight is 429 g/mol. The number of hydrogen-bond donors (Lipinski definition) is 1. The fourth-order valence-corrected chi connectivity index (χ4v) is 4.92. The van der Waals surface area contributed by atoms with Gasteiger partial charge < -0.3 is 9.64 Å². The molecule has 0 aromatic carbocycles. The highest BCUT2D eigenvalue weighted by molar-refractivity contribution is 7.93. The quantitative estimate of drug-likeness (QED) is 0.666. The van der Waals surface area contributed by atoms with Gasteiger partial charge in [-0.25, -0.2) is 9.19 Å². The van der Waals surface area contributed by atoms with E-state index in [0.29, 0.717) is 36.1 Å². The first kappa shape index (κ1) is 20.7. The van der Waals surface area contributed by atoms with Crippen LogP contribution in [0.3, 0.4) is 0 Å². The van der Waals surface area contributed by atoms with Crippen molar-refractivity contribution in [2.24, 2.45) is 4.36 Å². The number of anilines is 1. The molecule has 160 valence electrons. The number of aromatic nitrogens is 4. The second-order valence-corrected chi connectivity index (χ2v) is 10.4. The third kappa shape index (κ3) is 3.79. The summed E-state index contributed by atoms with van der Waals surface area (Å²) in [4.78, 5) is 11.9. The number of ether oxygens (including phenoxy) is 1. The van der Waals surface area contributed by atoms with E-state index < -0.39 is 9.73 Å². The van der Waals surface area contributed by atoms with Crippen molar-refractivity contribution in [3.63, 3.8) is 0 Å². The summed E-state index contributed by atoms with van der Waals surface area (Å²) < 4.78 is 23.7. The zero-order chi connectivity index (χ0) is 21.3. The summed E-state index contributed by atoms with van der Waals surface area (Å²) in [6, 6.07) is 4.03. The lowest BCUT2D eigenvalue weighted by molar-refractivity contribution is 0.0986. The summed E-state index contributed by atoms with van der Waals surface area (Å²) in [7, 11) is -2.34. The average Bonchev–Trinajstić information content (AvgIpc) is 3.28. The molecule has 4 heterocycles. The third-order valence-corrected chi connectivity index (χ3v) is 7.91. The number of rotatable bonds is 5. The van der Waals surface area contributed by atoms with Crippen LogP contribution in [-0.4, -0.2) is 61.7 Å². The van der Waals surface area contributed by atoms with Gasteiger partial charge in [0.25, 0.3) is 0 Å². The van der Waals surface area contributed by atoms with Gasteiger partial charge in [-0.05, 0) is 25.5 Å². The van der Waals surface area contributed by atoms with E-state index in [2.05, 4.69) is 27.0 Å². The van der Waals surface area contributed by atoms with Crippen molar-refractivity contribution in [2.75, 3.05) is 36.2 Å². The molecule has 3 aromatic heterocycles. The van der Waals surface area contributed by atoms with Gasteiger partial charge in [0.15, 0.2) is 0 Å². The largest absolute Gasteiger partial charge is 0.377 e. The Morgan fingerprint density at radius 3 is 2.83 bits per heavy atom. The van der Waals surface area contributed by atoms with E-state index in [1.165, 1.54) is 0 Å². The SMILES string of the molecule is CCS(=O)(CC)=Nc1cc(N2CCOC[C@H]2C)nc2c(-c3ccn[nH]3)ncc(C)c12. The normalized spacial score (nSPS) is 17.5. The molecule has 0 bridgehead atoms. The molecule has 4 rings (SSSR count). The summed E-state index contributed by atoms with van der Waals surface area (Å²) in [5, 5.41) is 7.94. The Labute approximate surface area is 177 Å². The number of aryl methyl sites for hydroxylation is 1. The van der Waals surface area contributed by atoms with Crippen molar-refractivity contribution in [2.45, 2.75) is 33.7 Å². The van der Waals surface area contributed by atoms with Gasteiger partial charge in [0.2, 0.25) is 0 Å². The molecule has 8 nitrogen and oxygen atoms in total. The van der Waals surface area contributed by atoms with E-state index in [4.69, 9.17) is 14.1 Å². The van der Waals surface area contributed by atoms with Gasteiger partial charge in [0, 0.05) is 41.9 Å². The maximum absolute atomic E-state index is 13.3. The lowest BCUT2D eigenvalue weighted by Gasteiger charge is -2.34. The van der Waals surface area contributed by atoms with Crippen molar-refractivity contribution >= 4 is 32.1 Å². The second kappa shape index (κ2) is 8.31. The van der Waals surface area contributed by atoms with Crippen LogP contribution < -0.4 is 4.90 Å². The number of hydrogen-bond acceptors (Lipinski definition) is 7. The summed E-state index contributed by atoms with van der Waals surface area (Å²) in [6.07, 6.45) is 3.51. The maximum atomic E-state index is 13.3. The van der Waals surface area contributed by atoms with E-state index in [1.807, 2.05) is 39.1 Å². The molecule has 1 atom stereocenters. The molecule has 9 heteroatoms. The third-order valence-electron chi connectivity index (χ3n) is 5.58. The number of nitrogens with zero attached hydrogens (tertiary/aromatic N) is 5. The van der Waals surface area contributed by atoms with E-state index in [1.54, 1.807) is 6.20 Å². The lowest BCUT2D eigenvalue weighted by Crippen LogP contribution is -2.44. The first-order chi connectivity index (χ1) is 14.5. The van der Waals surface area contributed by atoms with Gasteiger partial charge >= 0.3 is 0 Å². The van der Waals surface area contributed by atoms with Gasteiger partial charge in [-0.1, -0.05) is 13.8 Å². The van der Waals surface area contributed by atoms with E-state index in [-0.39, 0.29) is 6.04 Å². The van der Waals surface area contributed by atoms with Crippen LogP contribution >= 0.6 is 0 Å². The van der Waals surface area contributed by atoms with Gasteiger partial charge in [-0.3, -0.25) is 10.1 Å². The van der Waals surface area contributed by atoms with Crippen LogP contribution in [0.4, 0.5) is 11.5 Å². The minimum absolute atomic E-state index is 0.187. The monoisotopic (exact) mass is 428 g/mol. The molecule has 0 spiro atoms. The zero-order valence-corrected chi connectivity index (χ0v) is 18.7. The molecule has 30 heavy (non-hydrogen) atoms. The Morgan fingerprint density at radius 1 is 1.37 bits per heavy atom. The van der Waals surface area contributed by atoms with Gasteiger partial charge in [-0.2, -0.15) is 9.46 Å². The Balaban J connectivity index is 2.05. The highest BCUT2D eigenvalue weighted by Crippen LogP contribution is 2.37. The number of H-pyrrole nitrogens is 1. The predicted molar refractivity (Wildman–Crippen MR) is 121 cm³/mol. The summed E-state index contributed by atoms with van der Waals surface area (Å²) in [5.41, 5.74) is 3.91. The number of pyridine rings is 2. The van der Waals surface area contributed by atoms with Gasteiger partial charge in [-0.15, -0.1) is 0 Å². The first-order valence-electron chi connectivity index (χ1n) is 10.3. The van der Waals surface area contributed by atoms with Crippen LogP contribution in [0.1, 0.15) is 26.3 Å². The number of aromatic amines is 1. The minimum atomic E-state index is -2.34. The fourth-order valence-electron chi connectivity index (χ4n) is 3.75. The van der Waals surface area contributed by atoms with Crippen LogP contribution in [0, 0.1) is 6.92 Å². The zero-order valence-electron chi connectivity index (χ0n) is 17.9.